The lowest BCUT2D eigenvalue weighted by Crippen LogP contribution is -2.05. The van der Waals surface area contributed by atoms with Crippen LogP contribution in [-0.4, -0.2) is 20.3 Å². The van der Waals surface area contributed by atoms with Gasteiger partial charge in [-0.05, 0) is 30.3 Å². The third-order valence-corrected chi connectivity index (χ3v) is 3.19. The van der Waals surface area contributed by atoms with Gasteiger partial charge in [-0.1, -0.05) is 17.7 Å². The third kappa shape index (κ3) is 5.04. The largest absolute Gasteiger partial charge is 0.490 e. The number of halogens is 4. The Morgan fingerprint density at radius 1 is 1.17 bits per heavy atom. The van der Waals surface area contributed by atoms with Crippen molar-refractivity contribution in [1.29, 1.82) is 0 Å². The van der Waals surface area contributed by atoms with Gasteiger partial charge in [0.25, 0.3) is 0 Å². The summed E-state index contributed by atoms with van der Waals surface area (Å²) in [6.07, 6.45) is -4.43. The van der Waals surface area contributed by atoms with Crippen molar-refractivity contribution >= 4 is 23.0 Å². The van der Waals surface area contributed by atoms with Crippen molar-refractivity contribution in [2.24, 2.45) is 0 Å². The van der Waals surface area contributed by atoms with Crippen LogP contribution >= 0.6 is 11.6 Å². The van der Waals surface area contributed by atoms with Crippen LogP contribution in [0.2, 0.25) is 5.02 Å². The summed E-state index contributed by atoms with van der Waals surface area (Å²) in [6.45, 7) is 0.813. The van der Waals surface area contributed by atoms with Crippen LogP contribution in [0.5, 0.6) is 5.75 Å². The van der Waals surface area contributed by atoms with Crippen LogP contribution in [-0.2, 0) is 10.9 Å². The molecule has 0 atom stereocenters. The van der Waals surface area contributed by atoms with E-state index < -0.39 is 11.7 Å². The molecule has 1 N–H and O–H groups in total. The van der Waals surface area contributed by atoms with Crippen molar-refractivity contribution in [3.05, 3.63) is 53.1 Å². The predicted octanol–water partition coefficient (Wildman–Crippen LogP) is 4.93. The fourth-order valence-electron chi connectivity index (χ4n) is 1.78. The van der Waals surface area contributed by atoms with E-state index in [-0.39, 0.29) is 5.02 Å². The predicted molar refractivity (Wildman–Crippen MR) is 82.4 cm³/mol. The highest BCUT2D eigenvalue weighted by molar-refractivity contribution is 6.33. The molecule has 0 fully saturated rings. The van der Waals surface area contributed by atoms with E-state index in [0.29, 0.717) is 30.3 Å². The van der Waals surface area contributed by atoms with Gasteiger partial charge < -0.3 is 14.8 Å². The van der Waals surface area contributed by atoms with E-state index in [0.717, 1.165) is 12.1 Å². The van der Waals surface area contributed by atoms with E-state index in [9.17, 15) is 13.2 Å². The number of hydrogen-bond donors (Lipinski definition) is 1. The first-order chi connectivity index (χ1) is 10.9. The third-order valence-electron chi connectivity index (χ3n) is 2.88. The van der Waals surface area contributed by atoms with Gasteiger partial charge in [0.15, 0.2) is 0 Å². The molecule has 7 heteroatoms. The summed E-state index contributed by atoms with van der Waals surface area (Å²) in [5.74, 6) is 0.495. The molecule has 1 radical (unpaired) electrons. The van der Waals surface area contributed by atoms with Gasteiger partial charge in [0.05, 0.1) is 34.6 Å². The summed E-state index contributed by atoms with van der Waals surface area (Å²) < 4.78 is 48.1. The van der Waals surface area contributed by atoms with E-state index >= 15 is 0 Å². The number of anilines is 2. The number of alkyl halides is 3. The molecular formula is C16H14ClF3NO2. The lowest BCUT2D eigenvalue weighted by Gasteiger charge is -2.12. The first-order valence-corrected chi connectivity index (χ1v) is 7.06. The molecule has 3 nitrogen and oxygen atoms in total. The van der Waals surface area contributed by atoms with Gasteiger partial charge >= 0.3 is 6.18 Å². The maximum atomic E-state index is 12.6. The molecule has 0 amide bonds. The molecule has 123 valence electrons. The molecule has 0 aromatic heterocycles. The van der Waals surface area contributed by atoms with Crippen molar-refractivity contribution in [2.75, 3.05) is 25.6 Å². The normalized spacial score (nSPS) is 11.3. The summed E-state index contributed by atoms with van der Waals surface area (Å²) in [7, 11) is 1.57. The van der Waals surface area contributed by atoms with Crippen LogP contribution in [0.1, 0.15) is 5.56 Å². The number of benzene rings is 2. The SMILES string of the molecule is COCCOc1[c]c(Nc2ccc(C(F)(F)F)cc2Cl)ccc1. The fraction of sp³-hybridized carbons (Fsp3) is 0.250. The van der Waals surface area contributed by atoms with E-state index in [1.54, 1.807) is 25.3 Å². The summed E-state index contributed by atoms with van der Waals surface area (Å²) in [6, 6.07) is 11.2. The van der Waals surface area contributed by atoms with Gasteiger partial charge in [0.1, 0.15) is 12.4 Å². The Kier molecular flexibility index (Phi) is 5.74. The Morgan fingerprint density at radius 2 is 1.96 bits per heavy atom. The van der Waals surface area contributed by atoms with E-state index in [4.69, 9.17) is 21.1 Å². The molecule has 0 aliphatic rings. The van der Waals surface area contributed by atoms with Gasteiger partial charge in [-0.3, -0.25) is 0 Å². The number of methoxy groups -OCH3 is 1. The molecule has 2 aromatic rings. The summed E-state index contributed by atoms with van der Waals surface area (Å²) >= 11 is 5.90. The zero-order valence-corrected chi connectivity index (χ0v) is 13.0. The molecule has 23 heavy (non-hydrogen) atoms. The average Bonchev–Trinajstić information content (AvgIpc) is 2.49. The Hall–Kier alpha value is -1.92. The number of ether oxygens (including phenoxy) is 2. The maximum absolute atomic E-state index is 12.6. The summed E-state index contributed by atoms with van der Waals surface area (Å²) in [5, 5.41) is 2.89. The first kappa shape index (κ1) is 17.4. The molecule has 0 aliphatic carbocycles. The number of rotatable bonds is 6. The zero-order chi connectivity index (χ0) is 16.9. The number of nitrogens with one attached hydrogen (secondary N) is 1. The minimum Gasteiger partial charge on any atom is -0.490 e. The standard InChI is InChI=1S/C16H14ClF3NO2/c1-22-7-8-23-13-4-2-3-12(10-13)21-15-6-5-11(9-14(15)17)16(18,19)20/h2-6,9,21H,7-8H2,1H3. The maximum Gasteiger partial charge on any atom is 0.416 e. The highest BCUT2D eigenvalue weighted by atomic mass is 35.5. The van der Waals surface area contributed by atoms with Gasteiger partial charge in [0, 0.05) is 7.11 Å². The molecule has 0 unspecified atom stereocenters. The van der Waals surface area contributed by atoms with Crippen LogP contribution in [0.15, 0.2) is 36.4 Å². The summed E-state index contributed by atoms with van der Waals surface area (Å²) in [5.41, 5.74) is 0.0835. The highest BCUT2D eigenvalue weighted by Gasteiger charge is 2.30. The minimum absolute atomic E-state index is 0.0288. The van der Waals surface area contributed by atoms with E-state index in [1.165, 1.54) is 6.07 Å². The Balaban J connectivity index is 2.11. The van der Waals surface area contributed by atoms with Crippen LogP contribution < -0.4 is 10.1 Å². The van der Waals surface area contributed by atoms with Gasteiger partial charge in [-0.15, -0.1) is 0 Å². The Labute approximate surface area is 137 Å². The molecule has 2 aromatic carbocycles. The molecule has 0 aliphatic heterocycles. The molecule has 2 rings (SSSR count). The Morgan fingerprint density at radius 3 is 2.61 bits per heavy atom. The van der Waals surface area contributed by atoms with Gasteiger partial charge in [-0.2, -0.15) is 13.2 Å². The van der Waals surface area contributed by atoms with Crippen molar-refractivity contribution in [1.82, 2.24) is 0 Å². The van der Waals surface area contributed by atoms with Crippen molar-refractivity contribution in [3.63, 3.8) is 0 Å². The molecule has 0 heterocycles. The lowest BCUT2D eigenvalue weighted by atomic mass is 10.2. The summed E-state index contributed by atoms with van der Waals surface area (Å²) in [4.78, 5) is 0. The number of hydrogen-bond acceptors (Lipinski definition) is 3. The van der Waals surface area contributed by atoms with E-state index in [1.807, 2.05) is 0 Å². The van der Waals surface area contributed by atoms with Crippen LogP contribution in [0, 0.1) is 6.07 Å². The minimum atomic E-state index is -4.43. The molecule has 0 saturated carbocycles. The van der Waals surface area contributed by atoms with Crippen molar-refractivity contribution in [3.8, 4) is 5.75 Å². The van der Waals surface area contributed by atoms with E-state index in [2.05, 4.69) is 11.4 Å². The second-order valence-corrected chi connectivity index (χ2v) is 4.99. The van der Waals surface area contributed by atoms with Crippen molar-refractivity contribution < 1.29 is 22.6 Å². The zero-order valence-electron chi connectivity index (χ0n) is 12.2. The first-order valence-electron chi connectivity index (χ1n) is 6.68. The second kappa shape index (κ2) is 7.57. The van der Waals surface area contributed by atoms with Crippen LogP contribution in [0.25, 0.3) is 0 Å². The molecule has 0 spiro atoms. The highest BCUT2D eigenvalue weighted by Crippen LogP contribution is 2.34. The van der Waals surface area contributed by atoms with Crippen LogP contribution in [0.4, 0.5) is 24.5 Å². The Bertz CT molecular complexity index is 662. The monoisotopic (exact) mass is 344 g/mol. The average molecular weight is 345 g/mol. The molecule has 0 saturated heterocycles. The fourth-order valence-corrected chi connectivity index (χ4v) is 2.01. The topological polar surface area (TPSA) is 30.5 Å². The smallest absolute Gasteiger partial charge is 0.416 e. The molecular weight excluding hydrogens is 331 g/mol. The van der Waals surface area contributed by atoms with Crippen LogP contribution in [0.3, 0.4) is 0 Å². The lowest BCUT2D eigenvalue weighted by molar-refractivity contribution is -0.137. The second-order valence-electron chi connectivity index (χ2n) is 4.59. The quantitative estimate of drug-likeness (QED) is 0.754. The van der Waals surface area contributed by atoms with Gasteiger partial charge in [0.2, 0.25) is 0 Å². The van der Waals surface area contributed by atoms with Crippen molar-refractivity contribution in [2.45, 2.75) is 6.18 Å². The molecule has 0 bridgehead atoms. The van der Waals surface area contributed by atoms with Gasteiger partial charge in [-0.25, -0.2) is 0 Å².